The van der Waals surface area contributed by atoms with Crippen LogP contribution >= 0.6 is 11.3 Å². The number of aliphatic hydroxyl groups excluding tert-OH is 1. The lowest BCUT2D eigenvalue weighted by atomic mass is 9.96. The van der Waals surface area contributed by atoms with Gasteiger partial charge < -0.3 is 10.4 Å². The standard InChI is InChI=1S/C21H20N4O2S/c26-11-10-23-21-25-17(13-28-21)20-19-16(8-9-22-20)18(27)12-15(24-19)7-6-14-4-2-1-3-5-14/h1-5,8-9,13,26H,6-7,10-12H2,(H,23,25). The summed E-state index contributed by atoms with van der Waals surface area (Å²) >= 11 is 1.44. The Kier molecular flexibility index (Phi) is 5.55. The van der Waals surface area contributed by atoms with Gasteiger partial charge in [-0.05, 0) is 24.5 Å². The van der Waals surface area contributed by atoms with Gasteiger partial charge in [-0.25, -0.2) is 4.98 Å². The fraction of sp³-hybridized carbons (Fsp3) is 0.238. The summed E-state index contributed by atoms with van der Waals surface area (Å²) in [6, 6.07) is 11.9. The lowest BCUT2D eigenvalue weighted by molar-refractivity contribution is 0.0999. The van der Waals surface area contributed by atoms with Crippen molar-refractivity contribution in [3.63, 3.8) is 0 Å². The SMILES string of the molecule is O=C1CC(CCc2ccccc2)=Nc2c1ccnc2-c1csc(NCCO)n1. The molecule has 3 heterocycles. The van der Waals surface area contributed by atoms with Crippen LogP contribution in [0.5, 0.6) is 0 Å². The molecule has 0 radical (unpaired) electrons. The minimum atomic E-state index is 0.0392. The average molecular weight is 392 g/mol. The van der Waals surface area contributed by atoms with Crippen LogP contribution in [0.1, 0.15) is 28.8 Å². The highest BCUT2D eigenvalue weighted by molar-refractivity contribution is 7.14. The Hall–Kier alpha value is -2.90. The number of Topliss-reactive ketones (excluding diaryl/α,β-unsaturated/α-hetero) is 1. The lowest BCUT2D eigenvalue weighted by Gasteiger charge is -2.16. The zero-order valence-corrected chi connectivity index (χ0v) is 16.1. The van der Waals surface area contributed by atoms with E-state index in [9.17, 15) is 4.79 Å². The summed E-state index contributed by atoms with van der Waals surface area (Å²) in [5.74, 6) is 0.0746. The molecule has 3 aromatic rings. The normalized spacial score (nSPS) is 13.2. The van der Waals surface area contributed by atoms with Crippen LogP contribution in [0.4, 0.5) is 10.8 Å². The van der Waals surface area contributed by atoms with Crippen molar-refractivity contribution in [2.45, 2.75) is 19.3 Å². The minimum Gasteiger partial charge on any atom is -0.395 e. The topological polar surface area (TPSA) is 87.5 Å². The highest BCUT2D eigenvalue weighted by Gasteiger charge is 2.24. The molecule has 0 saturated heterocycles. The number of anilines is 1. The highest BCUT2D eigenvalue weighted by Crippen LogP contribution is 2.36. The molecule has 0 unspecified atom stereocenters. The number of nitrogens with zero attached hydrogens (tertiary/aromatic N) is 3. The van der Waals surface area contributed by atoms with Gasteiger partial charge >= 0.3 is 0 Å². The van der Waals surface area contributed by atoms with Crippen LogP contribution in [0.2, 0.25) is 0 Å². The van der Waals surface area contributed by atoms with Crippen molar-refractivity contribution in [3.05, 3.63) is 59.1 Å². The largest absolute Gasteiger partial charge is 0.395 e. The number of ketones is 1. The number of nitrogens with one attached hydrogen (secondary N) is 1. The first-order valence-corrected chi connectivity index (χ1v) is 10.1. The zero-order valence-electron chi connectivity index (χ0n) is 15.3. The van der Waals surface area contributed by atoms with Gasteiger partial charge in [0.2, 0.25) is 0 Å². The van der Waals surface area contributed by atoms with Gasteiger partial charge in [0.1, 0.15) is 17.1 Å². The number of aliphatic imine (C=N–C) groups is 1. The number of aliphatic hydroxyl groups is 1. The first-order chi connectivity index (χ1) is 13.7. The number of aromatic nitrogens is 2. The Bertz CT molecular complexity index is 1010. The number of hydrogen-bond donors (Lipinski definition) is 2. The molecule has 2 N–H and O–H groups in total. The van der Waals surface area contributed by atoms with Gasteiger partial charge in [0.05, 0.1) is 6.61 Å². The van der Waals surface area contributed by atoms with E-state index in [0.717, 1.165) is 18.6 Å². The van der Waals surface area contributed by atoms with Crippen molar-refractivity contribution in [3.8, 4) is 11.4 Å². The molecule has 1 aromatic carbocycles. The third-order valence-electron chi connectivity index (χ3n) is 4.54. The summed E-state index contributed by atoms with van der Waals surface area (Å²) in [7, 11) is 0. The van der Waals surface area contributed by atoms with E-state index < -0.39 is 0 Å². The molecule has 0 aliphatic carbocycles. The van der Waals surface area contributed by atoms with Gasteiger partial charge in [-0.1, -0.05) is 30.3 Å². The molecule has 2 aromatic heterocycles. The van der Waals surface area contributed by atoms with Crippen LogP contribution in [0.25, 0.3) is 11.4 Å². The first kappa shape index (κ1) is 18.5. The van der Waals surface area contributed by atoms with Crippen molar-refractivity contribution in [1.82, 2.24) is 9.97 Å². The third kappa shape index (κ3) is 4.00. The van der Waals surface area contributed by atoms with Crippen LogP contribution in [0.15, 0.2) is 53.0 Å². The minimum absolute atomic E-state index is 0.0392. The van der Waals surface area contributed by atoms with Gasteiger partial charge in [-0.15, -0.1) is 11.3 Å². The van der Waals surface area contributed by atoms with E-state index in [1.165, 1.54) is 16.9 Å². The van der Waals surface area contributed by atoms with E-state index in [2.05, 4.69) is 27.4 Å². The Morgan fingerprint density at radius 2 is 2.00 bits per heavy atom. The van der Waals surface area contributed by atoms with Gasteiger partial charge in [-0.2, -0.15) is 0 Å². The summed E-state index contributed by atoms with van der Waals surface area (Å²) in [5, 5.41) is 14.6. The van der Waals surface area contributed by atoms with Gasteiger partial charge in [-0.3, -0.25) is 14.8 Å². The van der Waals surface area contributed by atoms with E-state index in [-0.39, 0.29) is 12.4 Å². The van der Waals surface area contributed by atoms with E-state index in [0.29, 0.717) is 40.7 Å². The molecule has 0 spiro atoms. The third-order valence-corrected chi connectivity index (χ3v) is 5.34. The molecule has 1 aliphatic rings. The number of carbonyl (C=O) groups is 1. The predicted octanol–water partition coefficient (Wildman–Crippen LogP) is 3.90. The Morgan fingerprint density at radius 1 is 1.14 bits per heavy atom. The summed E-state index contributed by atoms with van der Waals surface area (Å²) in [6.07, 6.45) is 3.58. The second kappa shape index (κ2) is 8.41. The van der Waals surface area contributed by atoms with Crippen LogP contribution < -0.4 is 5.32 Å². The first-order valence-electron chi connectivity index (χ1n) is 9.18. The number of hydrogen-bond acceptors (Lipinski definition) is 7. The smallest absolute Gasteiger partial charge is 0.183 e. The number of pyridine rings is 1. The van der Waals surface area contributed by atoms with Crippen molar-refractivity contribution in [2.75, 3.05) is 18.5 Å². The fourth-order valence-electron chi connectivity index (χ4n) is 3.16. The molecule has 28 heavy (non-hydrogen) atoms. The maximum absolute atomic E-state index is 12.7. The number of thiazole rings is 1. The highest BCUT2D eigenvalue weighted by atomic mass is 32.1. The van der Waals surface area contributed by atoms with Crippen LogP contribution in [0.3, 0.4) is 0 Å². The molecular weight excluding hydrogens is 372 g/mol. The summed E-state index contributed by atoms with van der Waals surface area (Å²) in [5.41, 5.74) is 4.63. The lowest BCUT2D eigenvalue weighted by Crippen LogP contribution is -2.15. The molecule has 7 heteroatoms. The van der Waals surface area contributed by atoms with Crippen molar-refractivity contribution in [1.29, 1.82) is 0 Å². The Morgan fingerprint density at radius 3 is 2.82 bits per heavy atom. The van der Waals surface area contributed by atoms with E-state index in [1.807, 2.05) is 23.6 Å². The van der Waals surface area contributed by atoms with Gasteiger partial charge in [0.25, 0.3) is 0 Å². The second-order valence-electron chi connectivity index (χ2n) is 6.51. The number of rotatable bonds is 7. The molecule has 0 bridgehead atoms. The van der Waals surface area contributed by atoms with E-state index in [4.69, 9.17) is 10.1 Å². The molecular formula is C21H20N4O2S. The molecule has 0 amide bonds. The predicted molar refractivity (Wildman–Crippen MR) is 112 cm³/mol. The molecule has 0 fully saturated rings. The van der Waals surface area contributed by atoms with Crippen LogP contribution in [-0.4, -0.2) is 39.7 Å². The monoisotopic (exact) mass is 392 g/mol. The van der Waals surface area contributed by atoms with Crippen LogP contribution in [0, 0.1) is 0 Å². The Balaban J connectivity index is 1.62. The van der Waals surface area contributed by atoms with Crippen molar-refractivity contribution in [2.24, 2.45) is 4.99 Å². The van der Waals surface area contributed by atoms with E-state index >= 15 is 0 Å². The molecule has 1 aliphatic heterocycles. The zero-order chi connectivity index (χ0) is 19.3. The number of fused-ring (bicyclic) bond motifs is 1. The van der Waals surface area contributed by atoms with Gasteiger partial charge in [0.15, 0.2) is 10.9 Å². The second-order valence-corrected chi connectivity index (χ2v) is 7.37. The Labute approximate surface area is 167 Å². The molecule has 0 atom stereocenters. The molecule has 0 saturated carbocycles. The molecule has 6 nitrogen and oxygen atoms in total. The molecule has 4 rings (SSSR count). The van der Waals surface area contributed by atoms with Gasteiger partial charge in [0, 0.05) is 35.8 Å². The number of aryl methyl sites for hydroxylation is 1. The number of carbonyl (C=O) groups excluding carboxylic acids is 1. The molecule has 142 valence electrons. The maximum Gasteiger partial charge on any atom is 0.183 e. The van der Waals surface area contributed by atoms with Crippen molar-refractivity contribution < 1.29 is 9.90 Å². The fourth-order valence-corrected chi connectivity index (χ4v) is 3.89. The summed E-state index contributed by atoms with van der Waals surface area (Å²) in [4.78, 5) is 26.4. The quantitative estimate of drug-likeness (QED) is 0.637. The summed E-state index contributed by atoms with van der Waals surface area (Å²) < 4.78 is 0. The maximum atomic E-state index is 12.7. The van der Waals surface area contributed by atoms with Crippen LogP contribution in [-0.2, 0) is 6.42 Å². The van der Waals surface area contributed by atoms with Crippen molar-refractivity contribution >= 4 is 33.7 Å². The van der Waals surface area contributed by atoms with E-state index in [1.54, 1.807) is 12.3 Å². The average Bonchev–Trinajstić information content (AvgIpc) is 3.20. The summed E-state index contributed by atoms with van der Waals surface area (Å²) in [6.45, 7) is 0.477. The number of benzene rings is 1.